The minimum absolute atomic E-state index is 0.0277. The number of fused-ring (bicyclic) bond motifs is 9. The maximum atomic E-state index is 7.34. The highest BCUT2D eigenvalue weighted by molar-refractivity contribution is 6.99. The lowest BCUT2D eigenvalue weighted by Crippen LogP contribution is -2.61. The van der Waals surface area contributed by atoms with Gasteiger partial charge in [-0.05, 0) is 136 Å². The number of para-hydroxylation sites is 3. The summed E-state index contributed by atoms with van der Waals surface area (Å²) in [5.41, 5.74) is 20.5. The van der Waals surface area contributed by atoms with E-state index < -0.39 is 0 Å². The van der Waals surface area contributed by atoms with Crippen molar-refractivity contribution in [2.75, 3.05) is 14.7 Å². The molecule has 7 aromatic carbocycles. The van der Waals surface area contributed by atoms with E-state index in [0.29, 0.717) is 0 Å². The molecule has 338 valence electrons. The van der Waals surface area contributed by atoms with Crippen molar-refractivity contribution >= 4 is 96.4 Å². The Kier molecular flexibility index (Phi) is 9.55. The van der Waals surface area contributed by atoms with Crippen molar-refractivity contribution in [2.45, 2.75) is 104 Å². The maximum absolute atomic E-state index is 7.34. The summed E-state index contributed by atoms with van der Waals surface area (Å²) in [6.45, 7) is 20.6. The van der Waals surface area contributed by atoms with Gasteiger partial charge in [-0.15, -0.1) is 0 Å². The fourth-order valence-corrected chi connectivity index (χ4v) is 11.2. The van der Waals surface area contributed by atoms with Crippen LogP contribution in [0.4, 0.5) is 51.2 Å². The summed E-state index contributed by atoms with van der Waals surface area (Å²) >= 11 is 0. The smallest absolute Gasteiger partial charge is 0.297 e. The second-order valence-electron chi connectivity index (χ2n) is 22.5. The zero-order valence-corrected chi connectivity index (χ0v) is 41.0. The summed E-state index contributed by atoms with van der Waals surface area (Å²) in [5.74, 6) is 1.14. The molecule has 68 heavy (non-hydrogen) atoms. The highest BCUT2D eigenvalue weighted by atomic mass is 16.3. The first-order valence-electron chi connectivity index (χ1n) is 24.7. The number of hydrogen-bond donors (Lipinski definition) is 0. The van der Waals surface area contributed by atoms with Crippen LogP contribution in [0.2, 0.25) is 0 Å². The Labute approximate surface area is 402 Å². The summed E-state index contributed by atoms with van der Waals surface area (Å²) in [5, 5.41) is 2.22. The quantitative estimate of drug-likeness (QED) is 0.161. The summed E-state index contributed by atoms with van der Waals surface area (Å²) in [6.07, 6.45) is 4.26. The highest BCUT2D eigenvalue weighted by Crippen LogP contribution is 2.51. The van der Waals surface area contributed by atoms with E-state index in [1.54, 1.807) is 0 Å². The van der Waals surface area contributed by atoms with E-state index in [4.69, 9.17) is 8.83 Å². The molecular weight excluding hydrogens is 830 g/mol. The van der Waals surface area contributed by atoms with Crippen LogP contribution in [-0.4, -0.2) is 6.71 Å². The van der Waals surface area contributed by atoms with Crippen molar-refractivity contribution in [1.82, 2.24) is 0 Å². The van der Waals surface area contributed by atoms with Gasteiger partial charge in [0, 0.05) is 62.6 Å². The SMILES string of the molecule is CC(C)(C)c1ccc(N(c2ccc(C(C)(C)C)cc2)c2ccc3c(c2)N(c2cccc4c2oc2ccccc24)c2cc(C(C)(C)C)cc4c2B3c2oc3c(c2N4c2ccccc2)CCCC3)cc1. The third kappa shape index (κ3) is 6.73. The second kappa shape index (κ2) is 15.3. The van der Waals surface area contributed by atoms with E-state index in [1.807, 2.05) is 0 Å². The summed E-state index contributed by atoms with van der Waals surface area (Å²) in [4.78, 5) is 7.49. The summed E-state index contributed by atoms with van der Waals surface area (Å²) < 4.78 is 14.3. The molecule has 5 nitrogen and oxygen atoms in total. The molecule has 4 heterocycles. The standard InChI is InChI=1S/C62H60BN3O2/c1-60(2,3)39-26-30-43(31-27-39)64(44-32-28-40(29-33-44)61(4,5)6)45-34-35-49-51(38-45)66(50-23-17-22-47-46-20-13-15-24-54(46)67-58(47)50)53-37-41(62(7,8)9)36-52-56(53)63(49)59-57(48-21-14-16-25-55(48)68-59)65(52)42-18-11-10-12-19-42/h10-13,15,17-20,22-24,26-38H,14,16,21,25H2,1-9H3. The van der Waals surface area contributed by atoms with Gasteiger partial charge in [-0.25, -0.2) is 0 Å². The van der Waals surface area contributed by atoms with Crippen LogP contribution in [0.1, 0.15) is 103 Å². The molecule has 0 radical (unpaired) electrons. The van der Waals surface area contributed by atoms with Crippen molar-refractivity contribution in [3.8, 4) is 0 Å². The number of aryl methyl sites for hydroxylation is 1. The van der Waals surface area contributed by atoms with Gasteiger partial charge < -0.3 is 23.5 Å². The maximum Gasteiger partial charge on any atom is 0.297 e. The predicted octanol–water partition coefficient (Wildman–Crippen LogP) is 15.5. The highest BCUT2D eigenvalue weighted by Gasteiger charge is 2.48. The first kappa shape index (κ1) is 42.4. The molecule has 0 amide bonds. The Morgan fingerprint density at radius 1 is 0.485 bits per heavy atom. The normalized spacial score (nSPS) is 14.5. The van der Waals surface area contributed by atoms with Gasteiger partial charge in [0.15, 0.2) is 5.58 Å². The Balaban J connectivity index is 1.18. The average Bonchev–Trinajstić information content (AvgIpc) is 3.90. The van der Waals surface area contributed by atoms with Crippen LogP contribution in [0, 0.1) is 0 Å². The molecule has 2 aliphatic heterocycles. The fourth-order valence-electron chi connectivity index (χ4n) is 11.2. The minimum atomic E-state index is -0.159. The lowest BCUT2D eigenvalue weighted by molar-refractivity contribution is 0.497. The van der Waals surface area contributed by atoms with Crippen molar-refractivity contribution in [3.63, 3.8) is 0 Å². The summed E-state index contributed by atoms with van der Waals surface area (Å²) in [7, 11) is 0. The number of furan rings is 2. The predicted molar refractivity (Wildman–Crippen MR) is 287 cm³/mol. The molecule has 1 aliphatic carbocycles. The van der Waals surface area contributed by atoms with Crippen LogP contribution in [-0.2, 0) is 29.1 Å². The molecular formula is C62H60BN3O2. The van der Waals surface area contributed by atoms with Gasteiger partial charge >= 0.3 is 0 Å². The average molecular weight is 890 g/mol. The number of hydrogen-bond acceptors (Lipinski definition) is 5. The summed E-state index contributed by atoms with van der Waals surface area (Å²) in [6, 6.07) is 56.5. The molecule has 0 saturated carbocycles. The third-order valence-electron chi connectivity index (χ3n) is 14.9. The van der Waals surface area contributed by atoms with Gasteiger partial charge in [0.2, 0.25) is 0 Å². The van der Waals surface area contributed by atoms with Gasteiger partial charge in [-0.1, -0.05) is 141 Å². The zero-order valence-electron chi connectivity index (χ0n) is 41.0. The molecule has 0 spiro atoms. The molecule has 9 aromatic rings. The van der Waals surface area contributed by atoms with Gasteiger partial charge in [-0.2, -0.15) is 0 Å². The zero-order chi connectivity index (χ0) is 46.9. The van der Waals surface area contributed by atoms with Gasteiger partial charge in [-0.3, -0.25) is 0 Å². The Bertz CT molecular complexity index is 3360. The van der Waals surface area contributed by atoms with Crippen LogP contribution in [0.25, 0.3) is 21.9 Å². The van der Waals surface area contributed by atoms with E-state index in [9.17, 15) is 0 Å². The first-order valence-corrected chi connectivity index (χ1v) is 24.7. The molecule has 6 heteroatoms. The van der Waals surface area contributed by atoms with E-state index >= 15 is 0 Å². The lowest BCUT2D eigenvalue weighted by Gasteiger charge is -2.44. The van der Waals surface area contributed by atoms with Crippen LogP contribution in [0.15, 0.2) is 160 Å². The lowest BCUT2D eigenvalue weighted by atomic mass is 9.35. The second-order valence-corrected chi connectivity index (χ2v) is 22.5. The van der Waals surface area contributed by atoms with Crippen molar-refractivity contribution in [2.24, 2.45) is 0 Å². The molecule has 2 aromatic heterocycles. The van der Waals surface area contributed by atoms with E-state index in [2.05, 4.69) is 229 Å². The van der Waals surface area contributed by atoms with Crippen molar-refractivity contribution in [1.29, 1.82) is 0 Å². The minimum Gasteiger partial charge on any atom is -0.473 e. The topological polar surface area (TPSA) is 36.0 Å². The van der Waals surface area contributed by atoms with Crippen LogP contribution < -0.4 is 31.3 Å². The molecule has 0 saturated heterocycles. The largest absolute Gasteiger partial charge is 0.473 e. The molecule has 0 fully saturated rings. The van der Waals surface area contributed by atoms with E-state index in [1.165, 1.54) is 44.6 Å². The van der Waals surface area contributed by atoms with Crippen LogP contribution >= 0.6 is 0 Å². The van der Waals surface area contributed by atoms with E-state index in [-0.39, 0.29) is 23.0 Å². The molecule has 0 unspecified atom stereocenters. The van der Waals surface area contributed by atoms with Crippen LogP contribution in [0.5, 0.6) is 0 Å². The number of anilines is 9. The monoisotopic (exact) mass is 889 g/mol. The Morgan fingerprint density at radius 3 is 1.74 bits per heavy atom. The Morgan fingerprint density at radius 2 is 1.07 bits per heavy atom. The number of rotatable bonds is 5. The van der Waals surface area contributed by atoms with Gasteiger partial charge in [0.05, 0.1) is 17.0 Å². The van der Waals surface area contributed by atoms with Gasteiger partial charge in [0.25, 0.3) is 6.71 Å². The van der Waals surface area contributed by atoms with Crippen molar-refractivity contribution < 1.29 is 8.83 Å². The Hall–Kier alpha value is -6.92. The molecule has 0 atom stereocenters. The molecule has 0 N–H and O–H groups in total. The third-order valence-corrected chi connectivity index (χ3v) is 14.9. The van der Waals surface area contributed by atoms with Crippen LogP contribution in [0.3, 0.4) is 0 Å². The van der Waals surface area contributed by atoms with Crippen molar-refractivity contribution in [3.05, 3.63) is 180 Å². The molecule has 3 aliphatic rings. The van der Waals surface area contributed by atoms with E-state index in [0.717, 1.165) is 98.9 Å². The number of nitrogens with zero attached hydrogens (tertiary/aromatic N) is 3. The number of benzene rings is 7. The fraction of sp³-hybridized carbons (Fsp3) is 0.258. The van der Waals surface area contributed by atoms with Gasteiger partial charge in [0.1, 0.15) is 11.3 Å². The molecule has 0 bridgehead atoms. The first-order chi connectivity index (χ1) is 32.6. The molecule has 12 rings (SSSR count).